The van der Waals surface area contributed by atoms with E-state index < -0.39 is 0 Å². The van der Waals surface area contributed by atoms with Crippen LogP contribution in [0.15, 0.2) is 42.7 Å². The number of para-hydroxylation sites is 1. The molecule has 0 radical (unpaired) electrons. The number of anilines is 1. The average Bonchev–Trinajstić information content (AvgIpc) is 2.62. The third-order valence-electron chi connectivity index (χ3n) is 4.68. The zero-order chi connectivity index (χ0) is 17.1. The topological polar surface area (TPSA) is 36.4 Å². The van der Waals surface area contributed by atoms with Crippen LogP contribution in [0.25, 0.3) is 0 Å². The third-order valence-corrected chi connectivity index (χ3v) is 4.68. The van der Waals surface area contributed by atoms with Crippen LogP contribution < -0.4 is 4.90 Å². The van der Waals surface area contributed by atoms with Crippen LogP contribution in [0.2, 0.25) is 0 Å². The number of hydrogen-bond donors (Lipinski definition) is 0. The van der Waals surface area contributed by atoms with Crippen LogP contribution in [0.5, 0.6) is 0 Å². The second-order valence-electron chi connectivity index (χ2n) is 6.69. The largest absolute Gasteiger partial charge is 0.368 e. The van der Waals surface area contributed by atoms with E-state index in [2.05, 4.69) is 48.9 Å². The minimum atomic E-state index is 0.0802. The van der Waals surface area contributed by atoms with E-state index >= 15 is 0 Å². The van der Waals surface area contributed by atoms with Crippen molar-refractivity contribution in [3.05, 3.63) is 59.4 Å². The summed E-state index contributed by atoms with van der Waals surface area (Å²) >= 11 is 0. The summed E-state index contributed by atoms with van der Waals surface area (Å²) in [5.41, 5.74) is 4.72. The molecule has 4 heteroatoms. The molecule has 1 aromatic heterocycles. The smallest absolute Gasteiger partial charge is 0.255 e. The molecule has 0 aliphatic carbocycles. The van der Waals surface area contributed by atoms with E-state index in [-0.39, 0.29) is 5.91 Å². The summed E-state index contributed by atoms with van der Waals surface area (Å²) in [7, 11) is 0. The Morgan fingerprint density at radius 1 is 1.08 bits per heavy atom. The van der Waals surface area contributed by atoms with E-state index in [4.69, 9.17) is 0 Å². The van der Waals surface area contributed by atoms with Crippen molar-refractivity contribution in [2.45, 2.75) is 26.7 Å². The Balaban J connectivity index is 1.73. The van der Waals surface area contributed by atoms with Crippen molar-refractivity contribution in [1.29, 1.82) is 0 Å². The maximum Gasteiger partial charge on any atom is 0.255 e. The molecule has 0 atom stereocenters. The van der Waals surface area contributed by atoms with Crippen LogP contribution in [-0.2, 0) is 0 Å². The monoisotopic (exact) mass is 323 g/mol. The minimum Gasteiger partial charge on any atom is -0.368 e. The van der Waals surface area contributed by atoms with Gasteiger partial charge in [0.25, 0.3) is 5.91 Å². The number of aromatic nitrogens is 1. The lowest BCUT2D eigenvalue weighted by Gasteiger charge is -2.38. The van der Waals surface area contributed by atoms with Gasteiger partial charge in [0, 0.05) is 44.3 Å². The van der Waals surface area contributed by atoms with Crippen LogP contribution in [0.3, 0.4) is 0 Å². The number of carbonyl (C=O) groups is 1. The Kier molecular flexibility index (Phi) is 4.84. The molecule has 4 nitrogen and oxygen atoms in total. The Morgan fingerprint density at radius 2 is 1.83 bits per heavy atom. The van der Waals surface area contributed by atoms with Gasteiger partial charge in [0.15, 0.2) is 0 Å². The van der Waals surface area contributed by atoms with Gasteiger partial charge in [0.1, 0.15) is 0 Å². The van der Waals surface area contributed by atoms with Crippen molar-refractivity contribution < 1.29 is 4.79 Å². The quantitative estimate of drug-likeness (QED) is 0.868. The molecule has 1 aliphatic heterocycles. The molecule has 1 fully saturated rings. The maximum absolute atomic E-state index is 12.6. The van der Waals surface area contributed by atoms with Gasteiger partial charge in [-0.25, -0.2) is 0 Å². The molecule has 1 saturated heterocycles. The number of hydrogen-bond acceptors (Lipinski definition) is 3. The number of pyridine rings is 1. The van der Waals surface area contributed by atoms with Crippen molar-refractivity contribution in [2.75, 3.05) is 31.1 Å². The number of nitrogens with zero attached hydrogens (tertiary/aromatic N) is 3. The van der Waals surface area contributed by atoms with Gasteiger partial charge in [-0.05, 0) is 36.1 Å². The maximum atomic E-state index is 12.6. The van der Waals surface area contributed by atoms with Crippen molar-refractivity contribution in [3.8, 4) is 0 Å². The highest BCUT2D eigenvalue weighted by atomic mass is 16.2. The van der Waals surface area contributed by atoms with E-state index in [9.17, 15) is 4.79 Å². The lowest BCUT2D eigenvalue weighted by atomic mass is 9.97. The molecule has 0 saturated carbocycles. The van der Waals surface area contributed by atoms with Gasteiger partial charge in [-0.3, -0.25) is 9.78 Å². The second-order valence-corrected chi connectivity index (χ2v) is 6.69. The van der Waals surface area contributed by atoms with Crippen LogP contribution in [0.1, 0.15) is 41.3 Å². The van der Waals surface area contributed by atoms with Crippen LogP contribution in [0, 0.1) is 6.92 Å². The molecule has 0 unspecified atom stereocenters. The SMILES string of the molecule is Cc1cccc(C(C)C)c1N1CCN(C(=O)c2cccnc2)CC1. The predicted octanol–water partition coefficient (Wildman–Crippen LogP) is 3.48. The fourth-order valence-corrected chi connectivity index (χ4v) is 3.38. The Hall–Kier alpha value is -2.36. The highest BCUT2D eigenvalue weighted by Crippen LogP contribution is 2.31. The number of benzene rings is 1. The molecule has 126 valence electrons. The number of carbonyl (C=O) groups excluding carboxylic acids is 1. The zero-order valence-electron chi connectivity index (χ0n) is 14.7. The van der Waals surface area contributed by atoms with Gasteiger partial charge in [0.05, 0.1) is 5.56 Å². The summed E-state index contributed by atoms with van der Waals surface area (Å²) < 4.78 is 0. The number of rotatable bonds is 3. The first-order chi connectivity index (χ1) is 11.6. The molecule has 2 heterocycles. The molecule has 0 bridgehead atoms. The Bertz CT molecular complexity index is 704. The number of amides is 1. The average molecular weight is 323 g/mol. The zero-order valence-corrected chi connectivity index (χ0v) is 14.7. The fourth-order valence-electron chi connectivity index (χ4n) is 3.38. The fraction of sp³-hybridized carbons (Fsp3) is 0.400. The molecular weight excluding hydrogens is 298 g/mol. The molecule has 3 rings (SSSR count). The van der Waals surface area contributed by atoms with Gasteiger partial charge in [-0.15, -0.1) is 0 Å². The lowest BCUT2D eigenvalue weighted by molar-refractivity contribution is 0.0746. The van der Waals surface area contributed by atoms with Gasteiger partial charge >= 0.3 is 0 Å². The number of aryl methyl sites for hydroxylation is 1. The summed E-state index contributed by atoms with van der Waals surface area (Å²) in [6, 6.07) is 10.2. The summed E-state index contributed by atoms with van der Waals surface area (Å²) in [6.45, 7) is 9.89. The Morgan fingerprint density at radius 3 is 2.46 bits per heavy atom. The first kappa shape index (κ1) is 16.5. The molecule has 1 aliphatic rings. The second kappa shape index (κ2) is 7.04. The summed E-state index contributed by atoms with van der Waals surface area (Å²) in [5.74, 6) is 0.576. The van der Waals surface area contributed by atoms with Crippen molar-refractivity contribution in [2.24, 2.45) is 0 Å². The normalized spacial score (nSPS) is 15.0. The van der Waals surface area contributed by atoms with E-state index in [1.807, 2.05) is 17.0 Å². The van der Waals surface area contributed by atoms with E-state index in [0.29, 0.717) is 11.5 Å². The summed E-state index contributed by atoms with van der Waals surface area (Å²) in [6.07, 6.45) is 3.34. The van der Waals surface area contributed by atoms with Crippen LogP contribution in [-0.4, -0.2) is 42.0 Å². The molecular formula is C20H25N3O. The predicted molar refractivity (Wildman–Crippen MR) is 97.6 cm³/mol. The highest BCUT2D eigenvalue weighted by Gasteiger charge is 2.24. The standard InChI is InChI=1S/C20H25N3O/c1-15(2)18-8-4-6-16(3)19(18)22-10-12-23(13-11-22)20(24)17-7-5-9-21-14-17/h4-9,14-15H,10-13H2,1-3H3. The van der Waals surface area contributed by atoms with Gasteiger partial charge in [-0.1, -0.05) is 32.0 Å². The first-order valence-corrected chi connectivity index (χ1v) is 8.61. The van der Waals surface area contributed by atoms with E-state index in [0.717, 1.165) is 26.2 Å². The molecule has 1 aromatic carbocycles. The van der Waals surface area contributed by atoms with Crippen LogP contribution in [0.4, 0.5) is 5.69 Å². The summed E-state index contributed by atoms with van der Waals surface area (Å²) in [5, 5.41) is 0. The van der Waals surface area contributed by atoms with Crippen molar-refractivity contribution in [3.63, 3.8) is 0 Å². The molecule has 1 amide bonds. The molecule has 0 N–H and O–H groups in total. The highest BCUT2D eigenvalue weighted by molar-refractivity contribution is 5.94. The molecule has 24 heavy (non-hydrogen) atoms. The lowest BCUT2D eigenvalue weighted by Crippen LogP contribution is -2.49. The van der Waals surface area contributed by atoms with Gasteiger partial charge < -0.3 is 9.80 Å². The van der Waals surface area contributed by atoms with E-state index in [1.54, 1.807) is 12.4 Å². The van der Waals surface area contributed by atoms with Gasteiger partial charge in [0.2, 0.25) is 0 Å². The van der Waals surface area contributed by atoms with Crippen LogP contribution >= 0.6 is 0 Å². The van der Waals surface area contributed by atoms with E-state index in [1.165, 1.54) is 16.8 Å². The third kappa shape index (κ3) is 3.28. The van der Waals surface area contributed by atoms with Gasteiger partial charge in [-0.2, -0.15) is 0 Å². The van der Waals surface area contributed by atoms with Crippen molar-refractivity contribution in [1.82, 2.24) is 9.88 Å². The minimum absolute atomic E-state index is 0.0802. The Labute approximate surface area is 144 Å². The van der Waals surface area contributed by atoms with Crippen molar-refractivity contribution >= 4 is 11.6 Å². The summed E-state index contributed by atoms with van der Waals surface area (Å²) in [4.78, 5) is 21.0. The first-order valence-electron chi connectivity index (χ1n) is 8.61. The number of piperazine rings is 1. The molecule has 0 spiro atoms. The molecule has 2 aromatic rings.